The number of para-hydroxylation sites is 1. The maximum absolute atomic E-state index is 12.2. The molecule has 1 heterocycles. The van der Waals surface area contributed by atoms with Gasteiger partial charge in [-0.2, -0.15) is 0 Å². The molecule has 0 spiro atoms. The van der Waals surface area contributed by atoms with E-state index < -0.39 is 11.9 Å². The number of carbonyl (C=O) groups is 2. The maximum atomic E-state index is 12.2. The number of imide groups is 1. The molecule has 9 nitrogen and oxygen atoms in total. The molecule has 0 saturated heterocycles. The van der Waals surface area contributed by atoms with Crippen LogP contribution in [-0.2, 0) is 16.1 Å². The van der Waals surface area contributed by atoms with Crippen LogP contribution < -0.4 is 21.1 Å². The van der Waals surface area contributed by atoms with E-state index in [-0.39, 0.29) is 12.1 Å². The number of benzene rings is 1. The monoisotopic (exact) mass is 390 g/mol. The molecular weight excluding hydrogens is 362 g/mol. The van der Waals surface area contributed by atoms with Gasteiger partial charge in [-0.15, -0.1) is 0 Å². The van der Waals surface area contributed by atoms with Gasteiger partial charge in [0.15, 0.2) is 12.4 Å². The lowest BCUT2D eigenvalue weighted by molar-refractivity contribution is -0.906. The molecule has 3 amide bonds. The molecule has 9 heteroatoms. The van der Waals surface area contributed by atoms with Gasteiger partial charge < -0.3 is 19.9 Å². The molecule has 1 unspecified atom stereocenters. The number of rotatable bonds is 9. The molecule has 1 aromatic carbocycles. The molecule has 0 bridgehead atoms. The summed E-state index contributed by atoms with van der Waals surface area (Å²) in [4.78, 5) is 44.3. The van der Waals surface area contributed by atoms with Crippen LogP contribution in [0.25, 0.3) is 10.9 Å². The molecule has 28 heavy (non-hydrogen) atoms. The van der Waals surface area contributed by atoms with Gasteiger partial charge in [0.2, 0.25) is 0 Å². The fourth-order valence-electron chi connectivity index (χ4n) is 2.68. The Morgan fingerprint density at radius 2 is 2.04 bits per heavy atom. The molecule has 2 rings (SSSR count). The summed E-state index contributed by atoms with van der Waals surface area (Å²) in [5.41, 5.74) is 0.383. The number of aromatic nitrogens is 2. The number of aromatic amines is 1. The van der Waals surface area contributed by atoms with Gasteiger partial charge in [-0.1, -0.05) is 26.0 Å². The molecular formula is C19H28N5O4+. The summed E-state index contributed by atoms with van der Waals surface area (Å²) in [5, 5.41) is 5.49. The predicted molar refractivity (Wildman–Crippen MR) is 105 cm³/mol. The fraction of sp³-hybridized carbons (Fsp3) is 0.474. The number of nitrogens with zero attached hydrogens (tertiary/aromatic N) is 1. The number of quaternary nitrogens is 1. The largest absolute Gasteiger partial charge is 0.379 e. The molecule has 4 N–H and O–H groups in total. The van der Waals surface area contributed by atoms with E-state index in [0.29, 0.717) is 48.9 Å². The van der Waals surface area contributed by atoms with Crippen LogP contribution in [-0.4, -0.2) is 55.3 Å². The van der Waals surface area contributed by atoms with E-state index in [9.17, 15) is 14.4 Å². The van der Waals surface area contributed by atoms with E-state index >= 15 is 0 Å². The van der Waals surface area contributed by atoms with Crippen molar-refractivity contribution in [2.75, 3.05) is 33.4 Å². The predicted octanol–water partition coefficient (Wildman–Crippen LogP) is -0.564. The maximum Gasteiger partial charge on any atom is 0.321 e. The SMILES string of the molecule is COCC[NH+](CC(=O)NC(=O)NCC(C)C)Cc1nc2ccccc2c(=O)[nH]1. The number of methoxy groups -OCH3 is 1. The number of hydrogen-bond acceptors (Lipinski definition) is 5. The van der Waals surface area contributed by atoms with Crippen LogP contribution in [0, 0.1) is 5.92 Å². The zero-order valence-corrected chi connectivity index (χ0v) is 16.5. The van der Waals surface area contributed by atoms with Gasteiger partial charge in [0.05, 0.1) is 17.5 Å². The highest BCUT2D eigenvalue weighted by molar-refractivity contribution is 5.94. The second-order valence-corrected chi connectivity index (χ2v) is 7.03. The lowest BCUT2D eigenvalue weighted by Gasteiger charge is -2.18. The molecule has 2 aromatic rings. The number of carbonyl (C=O) groups excluding carboxylic acids is 2. The Hall–Kier alpha value is -2.78. The molecule has 0 radical (unpaired) electrons. The van der Waals surface area contributed by atoms with E-state index in [1.54, 1.807) is 25.3 Å². The van der Waals surface area contributed by atoms with Gasteiger partial charge in [-0.05, 0) is 18.1 Å². The van der Waals surface area contributed by atoms with Crippen molar-refractivity contribution in [1.82, 2.24) is 20.6 Å². The molecule has 152 valence electrons. The first kappa shape index (κ1) is 21.5. The Morgan fingerprint density at radius 3 is 2.75 bits per heavy atom. The van der Waals surface area contributed by atoms with Gasteiger partial charge in [0.1, 0.15) is 13.1 Å². The lowest BCUT2D eigenvalue weighted by atomic mass is 10.2. The van der Waals surface area contributed by atoms with Crippen molar-refractivity contribution < 1.29 is 19.2 Å². The first-order valence-electron chi connectivity index (χ1n) is 9.27. The van der Waals surface area contributed by atoms with Crippen molar-refractivity contribution in [1.29, 1.82) is 0 Å². The highest BCUT2D eigenvalue weighted by Gasteiger charge is 2.18. The fourth-order valence-corrected chi connectivity index (χ4v) is 2.68. The summed E-state index contributed by atoms with van der Waals surface area (Å²) < 4.78 is 5.11. The first-order valence-corrected chi connectivity index (χ1v) is 9.27. The minimum absolute atomic E-state index is 0.0506. The van der Waals surface area contributed by atoms with Crippen molar-refractivity contribution in [3.63, 3.8) is 0 Å². The Bertz CT molecular complexity index is 865. The number of hydrogen-bond donors (Lipinski definition) is 4. The highest BCUT2D eigenvalue weighted by Crippen LogP contribution is 2.04. The molecule has 0 fully saturated rings. The van der Waals surface area contributed by atoms with Gasteiger partial charge in [-0.3, -0.25) is 14.9 Å². The van der Waals surface area contributed by atoms with Gasteiger partial charge in [0, 0.05) is 13.7 Å². The average Bonchev–Trinajstić information content (AvgIpc) is 2.64. The highest BCUT2D eigenvalue weighted by atomic mass is 16.5. The summed E-state index contributed by atoms with van der Waals surface area (Å²) in [7, 11) is 1.58. The number of urea groups is 1. The molecule has 0 saturated carbocycles. The Kier molecular flexibility index (Phi) is 8.09. The minimum Gasteiger partial charge on any atom is -0.379 e. The van der Waals surface area contributed by atoms with Crippen LogP contribution in [0.15, 0.2) is 29.1 Å². The second-order valence-electron chi connectivity index (χ2n) is 7.03. The topological polar surface area (TPSA) is 118 Å². The Labute approximate surface area is 163 Å². The van der Waals surface area contributed by atoms with Crippen molar-refractivity contribution in [3.8, 4) is 0 Å². The molecule has 0 aliphatic carbocycles. The van der Waals surface area contributed by atoms with E-state index in [4.69, 9.17) is 4.74 Å². The standard InChI is InChI=1S/C19H27N5O4/c1-13(2)10-20-19(27)23-17(25)12-24(8-9-28-3)11-16-21-15-7-5-4-6-14(15)18(26)22-16/h4-7,13H,8-12H2,1-3H3,(H,21,22,26)(H2,20,23,25,27)/p+1. The van der Waals surface area contributed by atoms with Crippen LogP contribution in [0.2, 0.25) is 0 Å². The molecule has 1 aromatic heterocycles. The summed E-state index contributed by atoms with van der Waals surface area (Å²) in [6.07, 6.45) is 0. The first-order chi connectivity index (χ1) is 13.4. The van der Waals surface area contributed by atoms with Crippen molar-refractivity contribution in [3.05, 3.63) is 40.4 Å². The molecule has 0 aliphatic heterocycles. The zero-order chi connectivity index (χ0) is 20.5. The third-order valence-corrected chi connectivity index (χ3v) is 4.07. The van der Waals surface area contributed by atoms with Crippen molar-refractivity contribution in [2.24, 2.45) is 5.92 Å². The average molecular weight is 390 g/mol. The van der Waals surface area contributed by atoms with E-state index in [1.165, 1.54) is 0 Å². The number of H-pyrrole nitrogens is 1. The van der Waals surface area contributed by atoms with Gasteiger partial charge in [0.25, 0.3) is 11.5 Å². The van der Waals surface area contributed by atoms with Crippen LogP contribution >= 0.6 is 0 Å². The van der Waals surface area contributed by atoms with Crippen LogP contribution in [0.5, 0.6) is 0 Å². The normalized spacial score (nSPS) is 12.1. The summed E-state index contributed by atoms with van der Waals surface area (Å²) >= 11 is 0. The third-order valence-electron chi connectivity index (χ3n) is 4.07. The van der Waals surface area contributed by atoms with Crippen LogP contribution in [0.1, 0.15) is 19.7 Å². The van der Waals surface area contributed by atoms with Crippen LogP contribution in [0.4, 0.5) is 4.79 Å². The summed E-state index contributed by atoms with van der Waals surface area (Å²) in [6.45, 7) is 5.75. The quantitative estimate of drug-likeness (QED) is 0.458. The van der Waals surface area contributed by atoms with E-state index in [1.807, 2.05) is 19.9 Å². The molecule has 1 atom stereocenters. The lowest BCUT2D eigenvalue weighted by Crippen LogP contribution is -3.12. The Balaban J connectivity index is 2.04. The summed E-state index contributed by atoms with van der Waals surface area (Å²) in [5.74, 6) is 0.364. The van der Waals surface area contributed by atoms with Gasteiger partial charge in [-0.25, -0.2) is 9.78 Å². The van der Waals surface area contributed by atoms with Crippen LogP contribution in [0.3, 0.4) is 0 Å². The van der Waals surface area contributed by atoms with Crippen molar-refractivity contribution in [2.45, 2.75) is 20.4 Å². The number of amides is 3. The minimum atomic E-state index is -0.512. The number of fused-ring (bicyclic) bond motifs is 1. The number of nitrogens with one attached hydrogen (secondary N) is 4. The van der Waals surface area contributed by atoms with E-state index in [2.05, 4.69) is 20.6 Å². The smallest absolute Gasteiger partial charge is 0.321 e. The van der Waals surface area contributed by atoms with Gasteiger partial charge >= 0.3 is 6.03 Å². The zero-order valence-electron chi connectivity index (χ0n) is 16.5. The van der Waals surface area contributed by atoms with Crippen molar-refractivity contribution >= 4 is 22.8 Å². The third kappa shape index (κ3) is 6.75. The second kappa shape index (κ2) is 10.5. The summed E-state index contributed by atoms with van der Waals surface area (Å²) in [6, 6.07) is 6.57. The molecule has 0 aliphatic rings. The van der Waals surface area contributed by atoms with E-state index in [0.717, 1.165) is 4.90 Å². The Morgan fingerprint density at radius 1 is 1.29 bits per heavy atom. The number of ether oxygens (including phenoxy) is 1.